The third-order valence-electron chi connectivity index (χ3n) is 3.79. The van der Waals surface area contributed by atoms with Crippen molar-refractivity contribution in [2.24, 2.45) is 0 Å². The van der Waals surface area contributed by atoms with E-state index in [1.807, 2.05) is 0 Å². The average Bonchev–Trinajstić information content (AvgIpc) is 2.73. The van der Waals surface area contributed by atoms with E-state index >= 15 is 0 Å². The molecule has 0 spiro atoms. The lowest BCUT2D eigenvalue weighted by Gasteiger charge is -2.29. The number of hydrogen-bond donors (Lipinski definition) is 1. The van der Waals surface area contributed by atoms with Crippen LogP contribution in [0.5, 0.6) is 0 Å². The minimum absolute atomic E-state index is 0.478. The Labute approximate surface area is 130 Å². The van der Waals surface area contributed by atoms with E-state index in [9.17, 15) is 0 Å². The van der Waals surface area contributed by atoms with Crippen molar-refractivity contribution >= 4 is 0 Å². The van der Waals surface area contributed by atoms with Gasteiger partial charge in [0.1, 0.15) is 11.5 Å². The lowest BCUT2D eigenvalue weighted by Crippen LogP contribution is -2.39. The van der Waals surface area contributed by atoms with Gasteiger partial charge < -0.3 is 14.6 Å². The Morgan fingerprint density at radius 1 is 1.24 bits per heavy atom. The predicted octanol–water partition coefficient (Wildman–Crippen LogP) is 2.86. The highest BCUT2D eigenvalue weighted by Gasteiger charge is 2.16. The molecule has 0 aliphatic heterocycles. The summed E-state index contributed by atoms with van der Waals surface area (Å²) in [5, 5.41) is 3.40. The molecule has 4 nitrogen and oxygen atoms in total. The molecule has 1 aromatic rings. The highest BCUT2D eigenvalue weighted by atomic mass is 16.3. The van der Waals surface area contributed by atoms with Crippen molar-refractivity contribution in [2.75, 3.05) is 27.2 Å². The SMILES string of the molecule is CCN(Cc1cc(CNC(C)C)oc1C)C(C)CN(C)C. The van der Waals surface area contributed by atoms with Gasteiger partial charge in [-0.25, -0.2) is 0 Å². The average molecular weight is 295 g/mol. The molecular formula is C17H33N3O. The van der Waals surface area contributed by atoms with Gasteiger partial charge in [-0.05, 0) is 40.6 Å². The number of furan rings is 1. The maximum atomic E-state index is 5.87. The Morgan fingerprint density at radius 3 is 2.43 bits per heavy atom. The van der Waals surface area contributed by atoms with Crippen LogP contribution >= 0.6 is 0 Å². The summed E-state index contributed by atoms with van der Waals surface area (Å²) in [6, 6.07) is 3.22. The molecule has 0 aromatic carbocycles. The Kier molecular flexibility index (Phi) is 7.43. The zero-order chi connectivity index (χ0) is 16.0. The zero-order valence-electron chi connectivity index (χ0n) is 14.9. The smallest absolute Gasteiger partial charge is 0.118 e. The molecule has 1 unspecified atom stereocenters. The van der Waals surface area contributed by atoms with Gasteiger partial charge in [0, 0.05) is 30.7 Å². The van der Waals surface area contributed by atoms with Crippen LogP contribution in [0, 0.1) is 6.92 Å². The number of aryl methyl sites for hydroxylation is 1. The molecule has 1 atom stereocenters. The molecule has 0 bridgehead atoms. The van der Waals surface area contributed by atoms with Crippen molar-refractivity contribution in [1.82, 2.24) is 15.1 Å². The summed E-state index contributed by atoms with van der Waals surface area (Å²) in [7, 11) is 4.26. The van der Waals surface area contributed by atoms with E-state index in [0.29, 0.717) is 12.1 Å². The predicted molar refractivity (Wildman–Crippen MR) is 89.5 cm³/mol. The van der Waals surface area contributed by atoms with Crippen LogP contribution in [-0.4, -0.2) is 49.1 Å². The van der Waals surface area contributed by atoms with E-state index in [1.165, 1.54) is 5.56 Å². The normalized spacial score (nSPS) is 13.6. The highest BCUT2D eigenvalue weighted by molar-refractivity contribution is 5.21. The Morgan fingerprint density at radius 2 is 1.90 bits per heavy atom. The Hall–Kier alpha value is -0.840. The van der Waals surface area contributed by atoms with Gasteiger partial charge in [0.25, 0.3) is 0 Å². The van der Waals surface area contributed by atoms with E-state index in [1.54, 1.807) is 0 Å². The summed E-state index contributed by atoms with van der Waals surface area (Å²) in [6.45, 7) is 14.8. The number of nitrogens with zero attached hydrogens (tertiary/aromatic N) is 2. The molecule has 0 radical (unpaired) electrons. The van der Waals surface area contributed by atoms with Gasteiger partial charge in [-0.1, -0.05) is 20.8 Å². The lowest BCUT2D eigenvalue weighted by atomic mass is 10.2. The lowest BCUT2D eigenvalue weighted by molar-refractivity contribution is 0.173. The van der Waals surface area contributed by atoms with Crippen LogP contribution < -0.4 is 5.32 Å². The van der Waals surface area contributed by atoms with Crippen molar-refractivity contribution in [1.29, 1.82) is 0 Å². The first-order valence-electron chi connectivity index (χ1n) is 8.03. The van der Waals surface area contributed by atoms with Crippen molar-refractivity contribution in [3.8, 4) is 0 Å². The molecule has 122 valence electrons. The van der Waals surface area contributed by atoms with Crippen molar-refractivity contribution in [2.45, 2.75) is 59.8 Å². The fourth-order valence-electron chi connectivity index (χ4n) is 2.58. The number of likely N-dealkylation sites (N-methyl/N-ethyl adjacent to an activating group) is 2. The Bertz CT molecular complexity index is 412. The molecule has 4 heteroatoms. The molecule has 0 aliphatic rings. The fraction of sp³-hybridized carbons (Fsp3) is 0.765. The van der Waals surface area contributed by atoms with Crippen LogP contribution in [-0.2, 0) is 13.1 Å². The van der Waals surface area contributed by atoms with Crippen LogP contribution in [0.3, 0.4) is 0 Å². The summed E-state index contributed by atoms with van der Waals surface area (Å²) in [6.07, 6.45) is 0. The molecule has 1 heterocycles. The van der Waals surface area contributed by atoms with Gasteiger partial charge in [0.15, 0.2) is 0 Å². The largest absolute Gasteiger partial charge is 0.465 e. The molecule has 0 saturated heterocycles. The fourth-order valence-corrected chi connectivity index (χ4v) is 2.58. The summed E-state index contributed by atoms with van der Waals surface area (Å²) >= 11 is 0. The van der Waals surface area contributed by atoms with E-state index in [2.05, 4.69) is 69.9 Å². The molecule has 0 fully saturated rings. The molecule has 1 aromatic heterocycles. The highest BCUT2D eigenvalue weighted by Crippen LogP contribution is 2.18. The van der Waals surface area contributed by atoms with Crippen LogP contribution in [0.4, 0.5) is 0 Å². The first kappa shape index (κ1) is 18.2. The van der Waals surface area contributed by atoms with Crippen LogP contribution in [0.15, 0.2) is 10.5 Å². The molecule has 0 amide bonds. The summed E-state index contributed by atoms with van der Waals surface area (Å²) in [5.74, 6) is 2.08. The molecule has 0 aliphatic carbocycles. The molecule has 1 N–H and O–H groups in total. The van der Waals surface area contributed by atoms with Gasteiger partial charge in [0.2, 0.25) is 0 Å². The second-order valence-corrected chi connectivity index (χ2v) is 6.50. The summed E-state index contributed by atoms with van der Waals surface area (Å²) in [4.78, 5) is 4.74. The quantitative estimate of drug-likeness (QED) is 0.759. The number of rotatable bonds is 9. The second-order valence-electron chi connectivity index (χ2n) is 6.50. The molecule has 1 rings (SSSR count). The maximum absolute atomic E-state index is 5.87. The Balaban J connectivity index is 2.67. The minimum Gasteiger partial charge on any atom is -0.465 e. The molecule has 21 heavy (non-hydrogen) atoms. The van der Waals surface area contributed by atoms with E-state index < -0.39 is 0 Å². The van der Waals surface area contributed by atoms with E-state index in [4.69, 9.17) is 4.42 Å². The van der Waals surface area contributed by atoms with Gasteiger partial charge >= 0.3 is 0 Å². The van der Waals surface area contributed by atoms with E-state index in [-0.39, 0.29) is 0 Å². The maximum Gasteiger partial charge on any atom is 0.118 e. The molecular weight excluding hydrogens is 262 g/mol. The van der Waals surface area contributed by atoms with Crippen molar-refractivity contribution in [3.05, 3.63) is 23.2 Å². The van der Waals surface area contributed by atoms with E-state index in [0.717, 1.165) is 37.7 Å². The molecule has 0 saturated carbocycles. The third kappa shape index (κ3) is 6.20. The van der Waals surface area contributed by atoms with Crippen LogP contribution in [0.25, 0.3) is 0 Å². The summed E-state index contributed by atoms with van der Waals surface area (Å²) < 4.78 is 5.87. The summed E-state index contributed by atoms with van der Waals surface area (Å²) in [5.41, 5.74) is 1.31. The number of nitrogens with one attached hydrogen (secondary N) is 1. The number of hydrogen-bond acceptors (Lipinski definition) is 4. The first-order chi connectivity index (χ1) is 9.83. The van der Waals surface area contributed by atoms with Gasteiger partial charge in [-0.15, -0.1) is 0 Å². The topological polar surface area (TPSA) is 31.6 Å². The van der Waals surface area contributed by atoms with Crippen molar-refractivity contribution < 1.29 is 4.42 Å². The van der Waals surface area contributed by atoms with Gasteiger partial charge in [-0.2, -0.15) is 0 Å². The zero-order valence-corrected chi connectivity index (χ0v) is 14.9. The second kappa shape index (κ2) is 8.57. The van der Waals surface area contributed by atoms with Crippen LogP contribution in [0.2, 0.25) is 0 Å². The monoisotopic (exact) mass is 295 g/mol. The van der Waals surface area contributed by atoms with Gasteiger partial charge in [-0.3, -0.25) is 4.90 Å². The van der Waals surface area contributed by atoms with Crippen LogP contribution in [0.1, 0.15) is 44.8 Å². The standard InChI is InChI=1S/C17H33N3O/c1-8-20(14(4)11-19(6)7)12-16-9-17(21-15(16)5)10-18-13(2)3/h9,13-14,18H,8,10-12H2,1-7H3. The first-order valence-corrected chi connectivity index (χ1v) is 8.03. The minimum atomic E-state index is 0.478. The third-order valence-corrected chi connectivity index (χ3v) is 3.79. The van der Waals surface area contributed by atoms with Crippen molar-refractivity contribution in [3.63, 3.8) is 0 Å². The van der Waals surface area contributed by atoms with Gasteiger partial charge in [0.05, 0.1) is 6.54 Å².